The van der Waals surface area contributed by atoms with Crippen molar-refractivity contribution in [1.29, 1.82) is 0 Å². The Morgan fingerprint density at radius 3 is 2.39 bits per heavy atom. The number of carbonyl (C=O) groups is 2. The van der Waals surface area contributed by atoms with E-state index in [9.17, 15) is 14.7 Å². The molecule has 1 aliphatic rings. The Balaban J connectivity index is 2.24. The van der Waals surface area contributed by atoms with E-state index in [0.717, 1.165) is 35.1 Å². The van der Waals surface area contributed by atoms with Crippen LogP contribution in [0.15, 0.2) is 48.0 Å². The number of aliphatic hydroxyl groups is 1. The van der Waals surface area contributed by atoms with Crippen molar-refractivity contribution in [1.82, 2.24) is 4.90 Å². The average Bonchev–Trinajstić information content (AvgIpc) is 2.96. The van der Waals surface area contributed by atoms with Gasteiger partial charge in [-0.2, -0.15) is 0 Å². The number of hydrogen-bond donors (Lipinski definition) is 1. The number of likely N-dealkylation sites (tertiary alicyclic amines) is 1. The smallest absolute Gasteiger partial charge is 0.295 e. The van der Waals surface area contributed by atoms with Gasteiger partial charge in [0.2, 0.25) is 0 Å². The number of hydrogen-bond acceptors (Lipinski definition) is 3. The van der Waals surface area contributed by atoms with Gasteiger partial charge >= 0.3 is 0 Å². The Labute approximate surface area is 185 Å². The monoisotopic (exact) mass is 419 g/mol. The van der Waals surface area contributed by atoms with Crippen LogP contribution in [0.1, 0.15) is 74.4 Å². The molecule has 1 fully saturated rings. The fourth-order valence-corrected chi connectivity index (χ4v) is 4.11. The van der Waals surface area contributed by atoms with Crippen molar-refractivity contribution in [2.75, 3.05) is 6.54 Å². The van der Waals surface area contributed by atoms with Crippen molar-refractivity contribution in [3.05, 3.63) is 75.9 Å². The number of aliphatic hydroxyl groups excluding tert-OH is 1. The van der Waals surface area contributed by atoms with Crippen LogP contribution >= 0.6 is 0 Å². The molecule has 1 atom stereocenters. The number of nitrogens with zero attached hydrogens (tertiary/aromatic N) is 1. The highest BCUT2D eigenvalue weighted by Crippen LogP contribution is 2.40. The van der Waals surface area contributed by atoms with Gasteiger partial charge in [-0.25, -0.2) is 0 Å². The summed E-state index contributed by atoms with van der Waals surface area (Å²) >= 11 is 0. The van der Waals surface area contributed by atoms with Crippen molar-refractivity contribution >= 4 is 17.4 Å². The van der Waals surface area contributed by atoms with Crippen LogP contribution in [0.2, 0.25) is 0 Å². The molecular formula is C27H33NO3. The van der Waals surface area contributed by atoms with E-state index >= 15 is 0 Å². The SMILES string of the molecule is CCCCN1C(=O)C(=O)/C(=C(/O)c2cc(C(C)(C)C)ccc2C)C1c1cccc(C)c1. The van der Waals surface area contributed by atoms with Crippen LogP contribution in [0.5, 0.6) is 0 Å². The van der Waals surface area contributed by atoms with E-state index in [4.69, 9.17) is 0 Å². The van der Waals surface area contributed by atoms with E-state index in [0.29, 0.717) is 12.1 Å². The van der Waals surface area contributed by atoms with Crippen molar-refractivity contribution in [3.63, 3.8) is 0 Å². The van der Waals surface area contributed by atoms with Crippen LogP contribution in [0.25, 0.3) is 5.76 Å². The van der Waals surface area contributed by atoms with Gasteiger partial charge in [0.25, 0.3) is 11.7 Å². The van der Waals surface area contributed by atoms with Crippen LogP contribution in [0.4, 0.5) is 0 Å². The third-order valence-corrected chi connectivity index (χ3v) is 6.01. The summed E-state index contributed by atoms with van der Waals surface area (Å²) in [7, 11) is 0. The lowest BCUT2D eigenvalue weighted by Crippen LogP contribution is -2.30. The lowest BCUT2D eigenvalue weighted by Gasteiger charge is -2.26. The van der Waals surface area contributed by atoms with Gasteiger partial charge in [0.1, 0.15) is 5.76 Å². The Morgan fingerprint density at radius 1 is 1.06 bits per heavy atom. The standard InChI is InChI=1S/C27H33NO3/c1-7-8-14-28-23(19-11-9-10-17(2)15-19)22(25(30)26(28)31)24(29)21-16-20(27(4,5)6)13-12-18(21)3/h9-13,15-16,23,29H,7-8,14H2,1-6H3/b24-22+. The second kappa shape index (κ2) is 8.70. The first-order valence-corrected chi connectivity index (χ1v) is 11.0. The molecule has 0 bridgehead atoms. The lowest BCUT2D eigenvalue weighted by atomic mass is 9.84. The molecule has 1 saturated heterocycles. The maximum absolute atomic E-state index is 13.1. The van der Waals surface area contributed by atoms with Crippen LogP contribution in [-0.2, 0) is 15.0 Å². The molecular weight excluding hydrogens is 386 g/mol. The van der Waals surface area contributed by atoms with Gasteiger partial charge in [-0.3, -0.25) is 9.59 Å². The van der Waals surface area contributed by atoms with Crippen molar-refractivity contribution in [2.24, 2.45) is 0 Å². The van der Waals surface area contributed by atoms with Gasteiger partial charge in [0.15, 0.2) is 0 Å². The molecule has 2 aromatic carbocycles. The number of unbranched alkanes of at least 4 members (excludes halogenated alkanes) is 1. The predicted molar refractivity (Wildman–Crippen MR) is 125 cm³/mol. The highest BCUT2D eigenvalue weighted by molar-refractivity contribution is 6.46. The number of ketones is 1. The van der Waals surface area contributed by atoms with Crippen LogP contribution in [0.3, 0.4) is 0 Å². The Hall–Kier alpha value is -2.88. The predicted octanol–water partition coefficient (Wildman–Crippen LogP) is 5.82. The Kier molecular flexibility index (Phi) is 6.40. The molecule has 0 radical (unpaired) electrons. The molecule has 1 amide bonds. The molecule has 0 aliphatic carbocycles. The molecule has 1 N–H and O–H groups in total. The molecule has 1 unspecified atom stereocenters. The molecule has 164 valence electrons. The van der Waals surface area contributed by atoms with Gasteiger partial charge in [-0.1, -0.05) is 76.1 Å². The van der Waals surface area contributed by atoms with Gasteiger partial charge in [0, 0.05) is 12.1 Å². The van der Waals surface area contributed by atoms with E-state index < -0.39 is 17.7 Å². The molecule has 4 nitrogen and oxygen atoms in total. The number of benzene rings is 2. The molecule has 0 saturated carbocycles. The fourth-order valence-electron chi connectivity index (χ4n) is 4.11. The van der Waals surface area contributed by atoms with Gasteiger partial charge < -0.3 is 10.0 Å². The minimum Gasteiger partial charge on any atom is -0.507 e. The van der Waals surface area contributed by atoms with Gasteiger partial charge in [0.05, 0.1) is 11.6 Å². The number of amides is 1. The first-order chi connectivity index (χ1) is 14.6. The van der Waals surface area contributed by atoms with Crippen molar-refractivity contribution < 1.29 is 14.7 Å². The summed E-state index contributed by atoms with van der Waals surface area (Å²) in [6, 6.07) is 13.2. The molecule has 1 aliphatic heterocycles. The van der Waals surface area contributed by atoms with Crippen molar-refractivity contribution in [3.8, 4) is 0 Å². The average molecular weight is 420 g/mol. The van der Waals surface area contributed by atoms with E-state index in [1.165, 1.54) is 0 Å². The zero-order valence-corrected chi connectivity index (χ0v) is 19.5. The second-order valence-corrected chi connectivity index (χ2v) is 9.54. The molecule has 31 heavy (non-hydrogen) atoms. The zero-order valence-electron chi connectivity index (χ0n) is 19.5. The quantitative estimate of drug-likeness (QED) is 0.377. The summed E-state index contributed by atoms with van der Waals surface area (Å²) in [6.07, 6.45) is 1.71. The van der Waals surface area contributed by atoms with Crippen LogP contribution in [-0.4, -0.2) is 28.2 Å². The topological polar surface area (TPSA) is 57.6 Å². The summed E-state index contributed by atoms with van der Waals surface area (Å²) < 4.78 is 0. The number of carbonyl (C=O) groups excluding carboxylic acids is 2. The maximum Gasteiger partial charge on any atom is 0.295 e. The summed E-state index contributed by atoms with van der Waals surface area (Å²) in [5, 5.41) is 11.4. The molecule has 0 aromatic heterocycles. The van der Waals surface area contributed by atoms with E-state index in [-0.39, 0.29) is 16.7 Å². The van der Waals surface area contributed by atoms with E-state index in [1.807, 2.05) is 56.3 Å². The Morgan fingerprint density at radius 2 is 1.77 bits per heavy atom. The van der Waals surface area contributed by atoms with E-state index in [1.54, 1.807) is 4.90 Å². The molecule has 3 rings (SSSR count). The number of rotatable bonds is 5. The minimum absolute atomic E-state index is 0.0903. The minimum atomic E-state index is -0.610. The van der Waals surface area contributed by atoms with Crippen LogP contribution in [0, 0.1) is 13.8 Å². The molecule has 1 heterocycles. The highest BCUT2D eigenvalue weighted by Gasteiger charge is 2.45. The summed E-state index contributed by atoms with van der Waals surface area (Å²) in [6.45, 7) is 12.8. The molecule has 4 heteroatoms. The maximum atomic E-state index is 13.1. The van der Waals surface area contributed by atoms with Crippen molar-refractivity contribution in [2.45, 2.75) is 65.8 Å². The lowest BCUT2D eigenvalue weighted by molar-refractivity contribution is -0.139. The third-order valence-electron chi connectivity index (χ3n) is 6.01. The Bertz CT molecular complexity index is 1040. The summed E-state index contributed by atoms with van der Waals surface area (Å²) in [5.41, 5.74) is 4.51. The summed E-state index contributed by atoms with van der Waals surface area (Å²) in [5.74, 6) is -1.24. The first-order valence-electron chi connectivity index (χ1n) is 11.0. The first kappa shape index (κ1) is 22.8. The van der Waals surface area contributed by atoms with Crippen LogP contribution < -0.4 is 0 Å². The number of Topliss-reactive ketones (excluding diaryl/α,β-unsaturated/α-hetero) is 1. The second-order valence-electron chi connectivity index (χ2n) is 9.54. The molecule has 0 spiro atoms. The zero-order chi connectivity index (χ0) is 22.9. The van der Waals surface area contributed by atoms with E-state index in [2.05, 4.69) is 27.7 Å². The number of aryl methyl sites for hydroxylation is 2. The van der Waals surface area contributed by atoms with Gasteiger partial charge in [-0.05, 0) is 48.4 Å². The normalized spacial score (nSPS) is 18.6. The fraction of sp³-hybridized carbons (Fsp3) is 0.407. The largest absolute Gasteiger partial charge is 0.507 e. The van der Waals surface area contributed by atoms with Gasteiger partial charge in [-0.15, -0.1) is 0 Å². The molecule has 2 aromatic rings. The highest BCUT2D eigenvalue weighted by atomic mass is 16.3. The summed E-state index contributed by atoms with van der Waals surface area (Å²) in [4.78, 5) is 27.7. The third kappa shape index (κ3) is 4.43.